The summed E-state index contributed by atoms with van der Waals surface area (Å²) in [6, 6.07) is 7.00. The largest absolute Gasteiger partial charge is 1.00 e. The van der Waals surface area contributed by atoms with Crippen LogP contribution in [0.2, 0.25) is 0 Å². The normalized spacial score (nSPS) is 14.0. The number of rotatable bonds is 8. The second kappa shape index (κ2) is 8.02. The van der Waals surface area contributed by atoms with Gasteiger partial charge in [-0.3, -0.25) is 4.55 Å². The van der Waals surface area contributed by atoms with Gasteiger partial charge in [-0.15, -0.1) is 9.53 Å². The second-order valence-electron chi connectivity index (χ2n) is 6.01. The molecular weight excluding hydrogens is 364 g/mol. The Balaban J connectivity index is 0.00000441. The van der Waals surface area contributed by atoms with E-state index in [4.69, 9.17) is 5.14 Å². The molecule has 22 heavy (non-hydrogen) atoms. The summed E-state index contributed by atoms with van der Waals surface area (Å²) in [5.74, 6) is 0.125. The molecule has 130 valence electrons. The Morgan fingerprint density at radius 2 is 1.55 bits per heavy atom. The lowest BCUT2D eigenvalue weighted by Gasteiger charge is -2.41. The van der Waals surface area contributed by atoms with Crippen LogP contribution in [0, 0.1) is 6.92 Å². The van der Waals surface area contributed by atoms with E-state index >= 15 is 0 Å². The molecule has 0 heterocycles. The monoisotopic (exact) mass is 394 g/mol. The highest BCUT2D eigenvalue weighted by Crippen LogP contribution is 2.27. The van der Waals surface area contributed by atoms with Crippen molar-refractivity contribution in [3.05, 3.63) is 29.8 Å². The molecule has 0 amide bonds. The number of aryl methyl sites for hydroxylation is 1. The van der Waals surface area contributed by atoms with Gasteiger partial charge in [0.15, 0.2) is 0 Å². The average Bonchev–Trinajstić information content (AvgIpc) is 2.44. The number of hydrogen-bond donors (Lipinski definition) is 2. The summed E-state index contributed by atoms with van der Waals surface area (Å²) in [6.45, 7) is 12.5. The van der Waals surface area contributed by atoms with Crippen LogP contribution in [-0.4, -0.2) is 45.2 Å². The molecule has 0 unspecified atom stereocenters. The van der Waals surface area contributed by atoms with Gasteiger partial charge in [0.25, 0.3) is 0 Å². The molecule has 0 aliphatic rings. The van der Waals surface area contributed by atoms with E-state index in [1.165, 1.54) is 0 Å². The summed E-state index contributed by atoms with van der Waals surface area (Å²) in [4.78, 5) is 0.347. The Morgan fingerprint density at radius 3 is 1.95 bits per heavy atom. The number of nitrogens with zero attached hydrogens (tertiary/aromatic N) is 1. The summed E-state index contributed by atoms with van der Waals surface area (Å²) in [5, 5.41) is 5.89. The van der Waals surface area contributed by atoms with Crippen LogP contribution in [0.15, 0.2) is 29.2 Å². The molecule has 1 rings (SSSR count). The molecule has 0 aliphatic carbocycles. The van der Waals surface area contributed by atoms with Gasteiger partial charge in [0.05, 0.1) is 36.8 Å². The van der Waals surface area contributed by atoms with Crippen molar-refractivity contribution >= 4 is 9.53 Å². The molecule has 0 spiro atoms. The summed E-state index contributed by atoms with van der Waals surface area (Å²) in [6.07, 6.45) is 0.655. The third-order valence-corrected chi connectivity index (χ3v) is 7.07. The van der Waals surface area contributed by atoms with Crippen LogP contribution in [0.4, 0.5) is 0 Å². The maximum Gasteiger partial charge on any atom is 0.0802 e. The Kier molecular flexibility index (Phi) is 7.92. The first-order valence-corrected chi connectivity index (χ1v) is 9.94. The zero-order valence-electron chi connectivity index (χ0n) is 14.2. The summed E-state index contributed by atoms with van der Waals surface area (Å²) >= 11 is 0. The van der Waals surface area contributed by atoms with Gasteiger partial charge in [0.1, 0.15) is 0 Å². The average molecular weight is 395 g/mol. The number of halogens is 1. The summed E-state index contributed by atoms with van der Waals surface area (Å²) in [7, 11) is -4.21. The lowest BCUT2D eigenvalue weighted by Crippen LogP contribution is -3.00. The van der Waals surface area contributed by atoms with Gasteiger partial charge in [-0.1, -0.05) is 17.7 Å². The van der Waals surface area contributed by atoms with E-state index in [1.54, 1.807) is 12.1 Å². The summed E-state index contributed by atoms with van der Waals surface area (Å²) < 4.78 is 24.2. The minimum absolute atomic E-state index is 0. The molecule has 0 bridgehead atoms. The topological polar surface area (TPSA) is 63.3 Å². The first-order valence-electron chi connectivity index (χ1n) is 7.79. The van der Waals surface area contributed by atoms with E-state index in [2.05, 4.69) is 20.8 Å². The third kappa shape index (κ3) is 5.42. The SMILES string of the molecule is CC[N+](CC)(CC)CCCS(N)(=O)(O)c1ccc(C)cc1.[Br-]. The highest BCUT2D eigenvalue weighted by atomic mass is 79.9. The van der Waals surface area contributed by atoms with E-state index in [9.17, 15) is 8.76 Å². The molecule has 3 N–H and O–H groups in total. The van der Waals surface area contributed by atoms with Crippen molar-refractivity contribution in [1.29, 1.82) is 0 Å². The molecule has 4 nitrogen and oxygen atoms in total. The Morgan fingerprint density at radius 1 is 1.09 bits per heavy atom. The zero-order chi connectivity index (χ0) is 16.2. The van der Waals surface area contributed by atoms with Crippen molar-refractivity contribution < 1.29 is 30.2 Å². The fourth-order valence-corrected chi connectivity index (χ4v) is 4.41. The highest BCUT2D eigenvalue weighted by molar-refractivity contribution is 8.13. The molecular formula is C16H31BrN2O2S. The molecule has 0 radical (unpaired) electrons. The molecule has 0 atom stereocenters. The van der Waals surface area contributed by atoms with Crippen molar-refractivity contribution in [2.45, 2.75) is 39.0 Å². The van der Waals surface area contributed by atoms with Crippen LogP contribution >= 0.6 is 0 Å². The second-order valence-corrected chi connectivity index (χ2v) is 9.14. The smallest absolute Gasteiger partial charge is 0.0802 e. The minimum atomic E-state index is -4.21. The van der Waals surface area contributed by atoms with Gasteiger partial charge in [-0.2, -0.15) is 4.21 Å². The number of nitrogens with two attached hydrogens (primary N) is 1. The first kappa shape index (κ1) is 21.7. The maximum atomic E-state index is 12.8. The van der Waals surface area contributed by atoms with Gasteiger partial charge >= 0.3 is 0 Å². The van der Waals surface area contributed by atoms with E-state index in [0.29, 0.717) is 11.3 Å². The van der Waals surface area contributed by atoms with Gasteiger partial charge in [-0.05, 0) is 39.8 Å². The van der Waals surface area contributed by atoms with Gasteiger partial charge in [-0.25, -0.2) is 5.14 Å². The molecule has 0 saturated heterocycles. The van der Waals surface area contributed by atoms with Crippen LogP contribution < -0.4 is 22.1 Å². The number of quaternary nitrogens is 1. The first-order chi connectivity index (χ1) is 9.66. The van der Waals surface area contributed by atoms with Crippen LogP contribution in [-0.2, 0) is 9.53 Å². The predicted octanol–water partition coefficient (Wildman–Crippen LogP) is -0.209. The highest BCUT2D eigenvalue weighted by Gasteiger charge is 2.27. The fraction of sp³-hybridized carbons (Fsp3) is 0.625. The van der Waals surface area contributed by atoms with Crippen molar-refractivity contribution in [1.82, 2.24) is 0 Å². The van der Waals surface area contributed by atoms with Crippen LogP contribution in [0.3, 0.4) is 0 Å². The van der Waals surface area contributed by atoms with E-state index < -0.39 is 9.53 Å². The Hall–Kier alpha value is -0.270. The fourth-order valence-electron chi connectivity index (χ4n) is 2.77. The van der Waals surface area contributed by atoms with Gasteiger partial charge in [0, 0.05) is 6.42 Å². The van der Waals surface area contributed by atoms with Gasteiger partial charge < -0.3 is 21.5 Å². The van der Waals surface area contributed by atoms with Crippen molar-refractivity contribution in [2.75, 3.05) is 31.9 Å². The van der Waals surface area contributed by atoms with Crippen LogP contribution in [0.1, 0.15) is 32.8 Å². The van der Waals surface area contributed by atoms with Crippen molar-refractivity contribution in [3.63, 3.8) is 0 Å². The van der Waals surface area contributed by atoms with E-state index in [-0.39, 0.29) is 22.7 Å². The van der Waals surface area contributed by atoms with E-state index in [0.717, 1.165) is 36.2 Å². The maximum absolute atomic E-state index is 12.8. The zero-order valence-corrected chi connectivity index (χ0v) is 16.6. The molecule has 1 aromatic rings. The van der Waals surface area contributed by atoms with Crippen molar-refractivity contribution in [2.24, 2.45) is 5.14 Å². The number of benzene rings is 1. The molecule has 0 saturated carbocycles. The predicted molar refractivity (Wildman–Crippen MR) is 90.6 cm³/mol. The standard InChI is InChI=1S/C16H30N2O2S.BrH/c1-5-18(6-2,7-3)13-8-14-21(17,19,20)16-11-9-15(4)10-12-16;/h9-12H,5-8,13-14H2,1-4H3,(H2-,17,19,20);1H. The van der Waals surface area contributed by atoms with Crippen molar-refractivity contribution in [3.8, 4) is 0 Å². The van der Waals surface area contributed by atoms with Crippen LogP contribution in [0.25, 0.3) is 0 Å². The van der Waals surface area contributed by atoms with E-state index in [1.807, 2.05) is 19.1 Å². The molecule has 6 heteroatoms. The van der Waals surface area contributed by atoms with Gasteiger partial charge in [0.2, 0.25) is 0 Å². The lowest BCUT2D eigenvalue weighted by molar-refractivity contribution is -0.923. The number of hydrogen-bond acceptors (Lipinski definition) is 1. The quantitative estimate of drug-likeness (QED) is 0.599. The third-order valence-electron chi connectivity index (χ3n) is 4.71. The van der Waals surface area contributed by atoms with Crippen LogP contribution in [0.5, 0.6) is 0 Å². The summed E-state index contributed by atoms with van der Waals surface area (Å²) in [5.41, 5.74) is 1.06. The molecule has 0 aliphatic heterocycles. The lowest BCUT2D eigenvalue weighted by atomic mass is 10.2. The molecule has 0 fully saturated rings. The Labute approximate surface area is 145 Å². The molecule has 0 aromatic heterocycles. The Bertz CT molecular complexity index is 513. The minimum Gasteiger partial charge on any atom is -1.00 e. The molecule has 1 aromatic carbocycles.